The monoisotopic (exact) mass is 272 g/mol. The number of rotatable bonds is 9. The topological polar surface area (TPSA) is 52.6 Å². The number of carbonyl (C=O) groups excluding carboxylic acids is 2. The second kappa shape index (κ2) is 8.94. The average Bonchev–Trinajstić information content (AvgIpc) is 2.42. The van der Waals surface area contributed by atoms with Crippen LogP contribution in [0.4, 0.5) is 0 Å². The summed E-state index contributed by atoms with van der Waals surface area (Å²) >= 11 is 0. The van der Waals surface area contributed by atoms with Crippen LogP contribution in [0.5, 0.6) is 0 Å². The van der Waals surface area contributed by atoms with E-state index in [1.54, 1.807) is 6.92 Å². The van der Waals surface area contributed by atoms with Crippen molar-refractivity contribution in [1.29, 1.82) is 0 Å². The Kier molecular flexibility index (Phi) is 8.44. The molecule has 0 radical (unpaired) electrons. The van der Waals surface area contributed by atoms with E-state index in [-0.39, 0.29) is 6.61 Å². The van der Waals surface area contributed by atoms with Gasteiger partial charge in [-0.2, -0.15) is 0 Å². The molecule has 19 heavy (non-hydrogen) atoms. The van der Waals surface area contributed by atoms with Gasteiger partial charge >= 0.3 is 11.9 Å². The van der Waals surface area contributed by atoms with Crippen LogP contribution in [0.15, 0.2) is 0 Å². The summed E-state index contributed by atoms with van der Waals surface area (Å²) in [6, 6.07) is 0. The molecular formula is C15H28O4. The zero-order valence-electron chi connectivity index (χ0n) is 13.0. The van der Waals surface area contributed by atoms with E-state index < -0.39 is 17.4 Å². The van der Waals surface area contributed by atoms with E-state index in [2.05, 4.69) is 13.8 Å². The van der Waals surface area contributed by atoms with E-state index in [9.17, 15) is 9.59 Å². The van der Waals surface area contributed by atoms with E-state index in [1.165, 1.54) is 0 Å². The normalized spacial score (nSPS) is 11.5. The summed E-state index contributed by atoms with van der Waals surface area (Å²) in [6.07, 6.45) is 2.75. The van der Waals surface area contributed by atoms with Gasteiger partial charge in [-0.3, -0.25) is 9.59 Å². The second-order valence-electron chi connectivity index (χ2n) is 4.79. The molecule has 0 fully saturated rings. The third-order valence-corrected chi connectivity index (χ3v) is 3.87. The Morgan fingerprint density at radius 2 is 1.37 bits per heavy atom. The Morgan fingerprint density at radius 3 is 1.74 bits per heavy atom. The number of esters is 2. The van der Waals surface area contributed by atoms with E-state index in [4.69, 9.17) is 9.47 Å². The van der Waals surface area contributed by atoms with Crippen LogP contribution in [0.25, 0.3) is 0 Å². The van der Waals surface area contributed by atoms with E-state index in [0.717, 1.165) is 12.8 Å². The summed E-state index contributed by atoms with van der Waals surface area (Å²) < 4.78 is 10.4. The molecule has 0 unspecified atom stereocenters. The third kappa shape index (κ3) is 4.51. The van der Waals surface area contributed by atoms with Gasteiger partial charge in [0.2, 0.25) is 0 Å². The molecule has 0 heterocycles. The van der Waals surface area contributed by atoms with Crippen molar-refractivity contribution in [2.75, 3.05) is 13.2 Å². The molecule has 0 saturated carbocycles. The zero-order valence-corrected chi connectivity index (χ0v) is 13.0. The lowest BCUT2D eigenvalue weighted by Gasteiger charge is -2.27. The Balaban J connectivity index is 4.78. The smallest absolute Gasteiger partial charge is 0.323 e. The first-order valence-electron chi connectivity index (χ1n) is 7.36. The molecule has 0 atom stereocenters. The van der Waals surface area contributed by atoms with Crippen LogP contribution in [0.3, 0.4) is 0 Å². The quantitative estimate of drug-likeness (QED) is 0.477. The second-order valence-corrected chi connectivity index (χ2v) is 4.79. The largest absolute Gasteiger partial charge is 0.465 e. The minimum atomic E-state index is -1.14. The maximum absolute atomic E-state index is 12.3. The van der Waals surface area contributed by atoms with Gasteiger partial charge in [0.1, 0.15) is 0 Å². The SMILES string of the molecule is CCOC(=O)C(CC)(CC)C(=O)OCC(CC)CC. The highest BCUT2D eigenvalue weighted by Crippen LogP contribution is 2.30. The molecule has 0 aromatic heterocycles. The van der Waals surface area contributed by atoms with E-state index >= 15 is 0 Å². The molecule has 112 valence electrons. The lowest BCUT2D eigenvalue weighted by atomic mass is 9.82. The highest BCUT2D eigenvalue weighted by molar-refractivity contribution is 5.99. The Bertz CT molecular complexity index is 278. The van der Waals surface area contributed by atoms with Crippen LogP contribution >= 0.6 is 0 Å². The van der Waals surface area contributed by atoms with Gasteiger partial charge in [-0.1, -0.05) is 40.5 Å². The van der Waals surface area contributed by atoms with Crippen molar-refractivity contribution in [3.8, 4) is 0 Å². The maximum Gasteiger partial charge on any atom is 0.323 e. The number of hydrogen-bond donors (Lipinski definition) is 0. The van der Waals surface area contributed by atoms with Gasteiger partial charge in [-0.25, -0.2) is 0 Å². The van der Waals surface area contributed by atoms with Gasteiger partial charge in [0.25, 0.3) is 0 Å². The van der Waals surface area contributed by atoms with Crippen LogP contribution in [-0.2, 0) is 19.1 Å². The van der Waals surface area contributed by atoms with Crippen molar-refractivity contribution < 1.29 is 19.1 Å². The third-order valence-electron chi connectivity index (χ3n) is 3.87. The molecule has 4 heteroatoms. The van der Waals surface area contributed by atoms with Crippen LogP contribution in [-0.4, -0.2) is 25.2 Å². The summed E-state index contributed by atoms with van der Waals surface area (Å²) in [5.74, 6) is -0.546. The molecule has 0 aliphatic carbocycles. The fraction of sp³-hybridized carbons (Fsp3) is 0.867. The molecule has 0 bridgehead atoms. The fourth-order valence-corrected chi connectivity index (χ4v) is 2.04. The molecule has 0 rings (SSSR count). The first-order valence-corrected chi connectivity index (χ1v) is 7.36. The first kappa shape index (κ1) is 17.9. The van der Waals surface area contributed by atoms with Gasteiger partial charge in [0.15, 0.2) is 5.41 Å². The highest BCUT2D eigenvalue weighted by Gasteiger charge is 2.45. The van der Waals surface area contributed by atoms with E-state index in [0.29, 0.717) is 25.4 Å². The maximum atomic E-state index is 12.3. The van der Waals surface area contributed by atoms with Crippen molar-refractivity contribution in [3.05, 3.63) is 0 Å². The number of carbonyl (C=O) groups is 2. The number of hydrogen-bond acceptors (Lipinski definition) is 4. The van der Waals surface area contributed by atoms with Crippen molar-refractivity contribution in [1.82, 2.24) is 0 Å². The minimum Gasteiger partial charge on any atom is -0.465 e. The Labute approximate surface area is 116 Å². The molecule has 4 nitrogen and oxygen atoms in total. The fourth-order valence-electron chi connectivity index (χ4n) is 2.04. The van der Waals surface area contributed by atoms with Crippen molar-refractivity contribution in [2.24, 2.45) is 11.3 Å². The van der Waals surface area contributed by atoms with Crippen molar-refractivity contribution >= 4 is 11.9 Å². The van der Waals surface area contributed by atoms with Crippen LogP contribution in [0, 0.1) is 11.3 Å². The molecule has 0 aliphatic rings. The van der Waals surface area contributed by atoms with E-state index in [1.807, 2.05) is 13.8 Å². The van der Waals surface area contributed by atoms with Crippen LogP contribution in [0.1, 0.15) is 60.3 Å². The lowest BCUT2D eigenvalue weighted by Crippen LogP contribution is -2.41. The molecule has 0 spiro atoms. The minimum absolute atomic E-state index is 0.278. The zero-order chi connectivity index (χ0) is 14.9. The summed E-state index contributed by atoms with van der Waals surface area (Å²) in [7, 11) is 0. The van der Waals surface area contributed by atoms with Gasteiger partial charge in [-0.05, 0) is 25.7 Å². The molecule has 0 amide bonds. The Hall–Kier alpha value is -1.06. The summed E-state index contributed by atoms with van der Waals surface area (Å²) in [4.78, 5) is 24.3. The van der Waals surface area contributed by atoms with Gasteiger partial charge < -0.3 is 9.47 Å². The van der Waals surface area contributed by atoms with Crippen LogP contribution in [0.2, 0.25) is 0 Å². The lowest BCUT2D eigenvalue weighted by molar-refractivity contribution is -0.173. The summed E-state index contributed by atoms with van der Waals surface area (Å²) in [5, 5.41) is 0. The van der Waals surface area contributed by atoms with Crippen molar-refractivity contribution in [3.63, 3.8) is 0 Å². The standard InChI is InChI=1S/C15H28O4/c1-6-12(7-2)11-19-14(17)15(8-3,9-4)13(16)18-10-5/h12H,6-11H2,1-5H3. The predicted octanol–water partition coefficient (Wildman–Crippen LogP) is 3.34. The first-order chi connectivity index (χ1) is 9.02. The predicted molar refractivity (Wildman–Crippen MR) is 74.7 cm³/mol. The van der Waals surface area contributed by atoms with Gasteiger partial charge in [0, 0.05) is 0 Å². The average molecular weight is 272 g/mol. The molecular weight excluding hydrogens is 244 g/mol. The summed E-state index contributed by atoms with van der Waals surface area (Å²) in [5.41, 5.74) is -1.14. The van der Waals surface area contributed by atoms with Crippen molar-refractivity contribution in [2.45, 2.75) is 60.3 Å². The highest BCUT2D eigenvalue weighted by atomic mass is 16.6. The number of ether oxygens (including phenoxy) is 2. The molecule has 0 aromatic carbocycles. The molecule has 0 saturated heterocycles. The Morgan fingerprint density at radius 1 is 0.895 bits per heavy atom. The van der Waals surface area contributed by atoms with Gasteiger partial charge in [0.05, 0.1) is 13.2 Å². The summed E-state index contributed by atoms with van der Waals surface area (Å²) in [6.45, 7) is 10.2. The molecule has 0 N–H and O–H groups in total. The van der Waals surface area contributed by atoms with Crippen LogP contribution < -0.4 is 0 Å². The molecule has 0 aromatic rings. The van der Waals surface area contributed by atoms with Gasteiger partial charge in [-0.15, -0.1) is 0 Å². The molecule has 0 aliphatic heterocycles.